The second-order valence-corrected chi connectivity index (χ2v) is 18.1. The van der Waals surface area contributed by atoms with Gasteiger partial charge >= 0.3 is 0 Å². The highest BCUT2D eigenvalue weighted by atomic mass is 15.1. The summed E-state index contributed by atoms with van der Waals surface area (Å²) in [7, 11) is 0. The highest BCUT2D eigenvalue weighted by Crippen LogP contribution is 2.44. The maximum Gasteiger partial charge on any atom is 0.187 e. The lowest BCUT2D eigenvalue weighted by Crippen LogP contribution is -2.05. The monoisotopic (exact) mass is 927 g/mol. The van der Waals surface area contributed by atoms with Crippen molar-refractivity contribution in [2.75, 3.05) is 0 Å². The Morgan fingerprint density at radius 3 is 1.04 bits per heavy atom. The van der Waals surface area contributed by atoms with Crippen LogP contribution in [0.4, 0.5) is 17.1 Å². The molecule has 73 heavy (non-hydrogen) atoms. The summed E-state index contributed by atoms with van der Waals surface area (Å²) in [4.78, 5) is 11.1. The van der Waals surface area contributed by atoms with Gasteiger partial charge in [-0.25, -0.2) is 14.5 Å². The highest BCUT2D eigenvalue weighted by molar-refractivity contribution is 6.14. The van der Waals surface area contributed by atoms with E-state index in [1.807, 2.05) is 115 Å². The third-order valence-electron chi connectivity index (χ3n) is 14.0. The zero-order valence-corrected chi connectivity index (χ0v) is 39.3. The van der Waals surface area contributed by atoms with Crippen LogP contribution in [-0.4, -0.2) is 9.13 Å². The Hall–Kier alpha value is -10.8. The molecule has 2 heterocycles. The van der Waals surface area contributed by atoms with Crippen LogP contribution in [0.25, 0.3) is 125 Å². The molecular weight excluding hydrogens is 891 g/mol. The van der Waals surface area contributed by atoms with Gasteiger partial charge in [-0.05, 0) is 135 Å². The molecule has 0 saturated carbocycles. The molecule has 0 bridgehead atoms. The van der Waals surface area contributed by atoms with Gasteiger partial charge in [-0.2, -0.15) is 10.5 Å². The number of nitriles is 2. The number of nitrogens with zero attached hydrogens (tertiary/aromatic N) is 7. The molecule has 0 fully saturated rings. The van der Waals surface area contributed by atoms with Crippen LogP contribution in [0, 0.1) is 49.3 Å². The van der Waals surface area contributed by atoms with E-state index in [1.54, 1.807) is 0 Å². The van der Waals surface area contributed by atoms with E-state index in [4.69, 9.17) is 19.7 Å². The molecule has 0 aliphatic rings. The van der Waals surface area contributed by atoms with Crippen molar-refractivity contribution in [2.45, 2.75) is 6.92 Å². The van der Waals surface area contributed by atoms with Gasteiger partial charge in [0.25, 0.3) is 0 Å². The molecule has 0 spiro atoms. The molecule has 2 aromatic heterocycles. The second-order valence-electron chi connectivity index (χ2n) is 18.1. The predicted octanol–water partition coefficient (Wildman–Crippen LogP) is 17.9. The molecule has 0 aliphatic heterocycles. The Kier molecular flexibility index (Phi) is 10.5. The van der Waals surface area contributed by atoms with Gasteiger partial charge in [0.1, 0.15) is 0 Å². The molecule has 7 nitrogen and oxygen atoms in total. The molecule has 336 valence electrons. The molecule has 12 aromatic rings. The second kappa shape index (κ2) is 17.6. The van der Waals surface area contributed by atoms with Crippen molar-refractivity contribution in [3.63, 3.8) is 0 Å². The lowest BCUT2D eigenvalue weighted by atomic mass is 9.97. The van der Waals surface area contributed by atoms with Crippen molar-refractivity contribution in [1.29, 1.82) is 10.5 Å². The molecule has 0 atom stereocenters. The van der Waals surface area contributed by atoms with Gasteiger partial charge in [0.2, 0.25) is 0 Å². The summed E-state index contributed by atoms with van der Waals surface area (Å²) in [5, 5.41) is 23.6. The maximum absolute atomic E-state index is 9.69. The summed E-state index contributed by atoms with van der Waals surface area (Å²) in [6.07, 6.45) is 0. The summed E-state index contributed by atoms with van der Waals surface area (Å²) in [5.41, 5.74) is 19.5. The summed E-state index contributed by atoms with van der Waals surface area (Å²) < 4.78 is 4.76. The molecule has 0 unspecified atom stereocenters. The average molecular weight is 928 g/mol. The number of hydrogen-bond donors (Lipinski definition) is 0. The number of rotatable bonds is 7. The van der Waals surface area contributed by atoms with Crippen LogP contribution in [0.3, 0.4) is 0 Å². The van der Waals surface area contributed by atoms with E-state index in [0.717, 1.165) is 116 Å². The topological polar surface area (TPSA) is 70.5 Å². The van der Waals surface area contributed by atoms with Crippen LogP contribution >= 0.6 is 0 Å². The minimum atomic E-state index is 0.551. The van der Waals surface area contributed by atoms with Crippen LogP contribution < -0.4 is 0 Å². The zero-order chi connectivity index (χ0) is 49.7. The first kappa shape index (κ1) is 43.5. The standard InChI is InChI=1S/C66H37N7/c1-41-32-65(72-61-34-48(44-12-8-42(39-67)9-13-44)20-28-56(61)57-30-22-50(36-62(57)72)46-16-24-53(69-2)25-17-46)66(38-60(41)52-6-5-7-55(33-52)71-4)73-63-35-49(45-14-10-43(40-68)11-15-45)21-29-58(63)59-31-23-51(37-64(59)73)47-18-26-54(70-3)27-19-47/h5-38H,1H3. The van der Waals surface area contributed by atoms with Crippen LogP contribution in [0.2, 0.25) is 0 Å². The van der Waals surface area contributed by atoms with Crippen LogP contribution in [-0.2, 0) is 0 Å². The van der Waals surface area contributed by atoms with E-state index in [9.17, 15) is 10.5 Å². The lowest BCUT2D eigenvalue weighted by molar-refractivity contribution is 1.09. The number of aromatic nitrogens is 2. The molecular formula is C66H37N7. The van der Waals surface area contributed by atoms with Gasteiger partial charge in [-0.15, -0.1) is 0 Å². The molecule has 0 amide bonds. The normalized spacial score (nSPS) is 11.0. The van der Waals surface area contributed by atoms with Crippen molar-refractivity contribution in [1.82, 2.24) is 9.13 Å². The Morgan fingerprint density at radius 1 is 0.342 bits per heavy atom. The number of benzene rings is 10. The van der Waals surface area contributed by atoms with Crippen molar-refractivity contribution in [3.8, 4) is 79.1 Å². The Labute approximate surface area is 421 Å². The first-order valence-electron chi connectivity index (χ1n) is 23.6. The van der Waals surface area contributed by atoms with Gasteiger partial charge in [0, 0.05) is 21.5 Å². The summed E-state index contributed by atoms with van der Waals surface area (Å²) in [5.74, 6) is 0. The van der Waals surface area contributed by atoms with Crippen LogP contribution in [0.15, 0.2) is 206 Å². The zero-order valence-electron chi connectivity index (χ0n) is 39.3. The maximum atomic E-state index is 9.69. The Bertz CT molecular complexity index is 4230. The van der Waals surface area contributed by atoms with Crippen LogP contribution in [0.1, 0.15) is 16.7 Å². The molecule has 12 rings (SSSR count). The first-order chi connectivity index (χ1) is 35.8. The molecule has 7 heteroatoms. The summed E-state index contributed by atoms with van der Waals surface area (Å²) in [6, 6.07) is 74.0. The summed E-state index contributed by atoms with van der Waals surface area (Å²) >= 11 is 0. The van der Waals surface area contributed by atoms with Crippen molar-refractivity contribution < 1.29 is 0 Å². The van der Waals surface area contributed by atoms with Crippen molar-refractivity contribution >= 4 is 60.7 Å². The third-order valence-corrected chi connectivity index (χ3v) is 14.0. The third kappa shape index (κ3) is 7.51. The van der Waals surface area contributed by atoms with E-state index in [-0.39, 0.29) is 0 Å². The summed E-state index contributed by atoms with van der Waals surface area (Å²) in [6.45, 7) is 25.3. The minimum Gasteiger partial charge on any atom is -0.307 e. The van der Waals surface area contributed by atoms with Gasteiger partial charge < -0.3 is 9.13 Å². The molecule has 10 aromatic carbocycles. The van der Waals surface area contributed by atoms with E-state index in [0.29, 0.717) is 28.2 Å². The fraction of sp³-hybridized carbons (Fsp3) is 0.0152. The Morgan fingerprint density at radius 2 is 0.685 bits per heavy atom. The average Bonchev–Trinajstić information content (AvgIpc) is 3.96. The van der Waals surface area contributed by atoms with Gasteiger partial charge in [-0.3, -0.25) is 0 Å². The van der Waals surface area contributed by atoms with Gasteiger partial charge in [-0.1, -0.05) is 140 Å². The van der Waals surface area contributed by atoms with Crippen molar-refractivity contribution in [2.24, 2.45) is 0 Å². The molecule has 0 aliphatic carbocycles. The smallest absolute Gasteiger partial charge is 0.187 e. The predicted molar refractivity (Wildman–Crippen MR) is 295 cm³/mol. The Balaban J connectivity index is 1.23. The fourth-order valence-corrected chi connectivity index (χ4v) is 10.3. The lowest BCUT2D eigenvalue weighted by Gasteiger charge is -2.21. The number of hydrogen-bond acceptors (Lipinski definition) is 2. The minimum absolute atomic E-state index is 0.551. The quantitative estimate of drug-likeness (QED) is 0.149. The van der Waals surface area contributed by atoms with Gasteiger partial charge in [0.05, 0.1) is 76.4 Å². The van der Waals surface area contributed by atoms with Gasteiger partial charge in [0.15, 0.2) is 17.1 Å². The highest BCUT2D eigenvalue weighted by Gasteiger charge is 2.23. The van der Waals surface area contributed by atoms with E-state index in [1.165, 1.54) is 0 Å². The fourth-order valence-electron chi connectivity index (χ4n) is 10.3. The number of aryl methyl sites for hydroxylation is 1. The largest absolute Gasteiger partial charge is 0.307 e. The van der Waals surface area contributed by atoms with Crippen LogP contribution in [0.5, 0.6) is 0 Å². The van der Waals surface area contributed by atoms with Crippen molar-refractivity contribution in [3.05, 3.63) is 257 Å². The SMILES string of the molecule is [C-]#[N+]c1ccc(-c2ccc3c4ccc(-c5ccc(C#N)cc5)cc4n(-c4cc(C)c(-c5cccc([N+]#[C-])c5)cc4-n4c5cc(-c6ccc(C#N)cc6)ccc5c5ccc(-c6ccc([N+]#[C-])cc6)cc54)c3c2)cc1. The first-order valence-corrected chi connectivity index (χ1v) is 23.6. The molecule has 0 saturated heterocycles. The molecule has 0 N–H and O–H groups in total. The number of fused-ring (bicyclic) bond motifs is 6. The van der Waals surface area contributed by atoms with E-state index < -0.39 is 0 Å². The molecule has 0 radical (unpaired) electrons. The van der Waals surface area contributed by atoms with E-state index >= 15 is 0 Å². The van der Waals surface area contributed by atoms with E-state index in [2.05, 4.69) is 134 Å².